The van der Waals surface area contributed by atoms with E-state index in [0.29, 0.717) is 12.3 Å². The number of carboxylic acids is 1. The molecule has 1 aliphatic heterocycles. The monoisotopic (exact) mass is 418 g/mol. The molecule has 4 rings (SSSR count). The van der Waals surface area contributed by atoms with Crippen LogP contribution in [0.25, 0.3) is 11.1 Å². The van der Waals surface area contributed by atoms with Gasteiger partial charge in [-0.1, -0.05) is 60.7 Å². The van der Waals surface area contributed by atoms with Gasteiger partial charge in [-0.05, 0) is 65.2 Å². The largest absolute Gasteiger partial charge is 0.480 e. The van der Waals surface area contributed by atoms with Crippen molar-refractivity contribution in [2.75, 3.05) is 13.1 Å². The zero-order valence-electron chi connectivity index (χ0n) is 17.0. The molecule has 1 atom stereocenters. The molecule has 3 N–H and O–H groups in total. The molecule has 1 saturated heterocycles. The van der Waals surface area contributed by atoms with Crippen LogP contribution in [0.15, 0.2) is 77.7 Å². The zero-order valence-corrected chi connectivity index (χ0v) is 17.8. The summed E-state index contributed by atoms with van der Waals surface area (Å²) in [4.78, 5) is 12.1. The normalized spacial score (nSPS) is 15.5. The van der Waals surface area contributed by atoms with E-state index in [0.717, 1.165) is 23.5 Å². The summed E-state index contributed by atoms with van der Waals surface area (Å²) in [6.45, 7) is 4.15. The van der Waals surface area contributed by atoms with Crippen LogP contribution in [0.2, 0.25) is 0 Å². The average Bonchev–Trinajstić information content (AvgIpc) is 2.71. The molecule has 3 aromatic carbocycles. The van der Waals surface area contributed by atoms with E-state index < -0.39 is 12.0 Å². The molecule has 4 nitrogen and oxygen atoms in total. The number of benzene rings is 3. The fourth-order valence-corrected chi connectivity index (χ4v) is 5.05. The molecule has 0 spiro atoms. The van der Waals surface area contributed by atoms with Gasteiger partial charge in [0.15, 0.2) is 0 Å². The van der Waals surface area contributed by atoms with Crippen molar-refractivity contribution in [3.8, 4) is 11.1 Å². The summed E-state index contributed by atoms with van der Waals surface area (Å²) in [7, 11) is 0. The lowest BCUT2D eigenvalue weighted by Gasteiger charge is -2.39. The van der Waals surface area contributed by atoms with Gasteiger partial charge in [0.2, 0.25) is 0 Å². The van der Waals surface area contributed by atoms with Gasteiger partial charge in [0, 0.05) is 23.9 Å². The molecule has 0 saturated carbocycles. The lowest BCUT2D eigenvalue weighted by Crippen LogP contribution is -2.40. The molecule has 5 heteroatoms. The van der Waals surface area contributed by atoms with Crippen molar-refractivity contribution in [1.29, 1.82) is 0 Å². The summed E-state index contributed by atoms with van der Waals surface area (Å²) in [6.07, 6.45) is 0.343. The van der Waals surface area contributed by atoms with Crippen molar-refractivity contribution in [3.05, 3.63) is 89.5 Å². The van der Waals surface area contributed by atoms with Gasteiger partial charge in [0.1, 0.15) is 6.04 Å². The molecule has 1 aliphatic rings. The Hall–Kier alpha value is -2.60. The lowest BCUT2D eigenvalue weighted by atomic mass is 9.86. The van der Waals surface area contributed by atoms with E-state index in [9.17, 15) is 4.79 Å². The summed E-state index contributed by atoms with van der Waals surface area (Å²) in [5.41, 5.74) is 12.0. The molecule has 1 unspecified atom stereocenters. The number of hydrogen-bond acceptors (Lipinski definition) is 4. The van der Waals surface area contributed by atoms with Gasteiger partial charge in [-0.2, -0.15) is 0 Å². The van der Waals surface area contributed by atoms with Gasteiger partial charge in [0.25, 0.3) is 0 Å². The summed E-state index contributed by atoms with van der Waals surface area (Å²) < 4.78 is 2.36. The fourth-order valence-electron chi connectivity index (χ4n) is 3.90. The standard InChI is InChI=1S/C25H26N2O2S/c1-17-7-2-3-10-21(17)23-12-5-4-11-22(23)19-15-27(16-19)30-20-9-6-8-18(13-20)14-24(26)25(28)29/h2-13,19,24H,14-16,26H2,1H3,(H,28,29). The highest BCUT2D eigenvalue weighted by Gasteiger charge is 2.30. The Morgan fingerprint density at radius 2 is 1.77 bits per heavy atom. The number of aliphatic carboxylic acids is 1. The maximum absolute atomic E-state index is 11.0. The van der Waals surface area contributed by atoms with E-state index in [1.54, 1.807) is 11.9 Å². The van der Waals surface area contributed by atoms with Gasteiger partial charge >= 0.3 is 5.97 Å². The summed E-state index contributed by atoms with van der Waals surface area (Å²) in [6, 6.07) is 24.4. The maximum atomic E-state index is 11.0. The first-order valence-electron chi connectivity index (χ1n) is 10.2. The molecule has 154 valence electrons. The molecule has 3 aromatic rings. The number of carboxylic acid groups (broad SMARTS) is 1. The molecular weight excluding hydrogens is 392 g/mol. The Kier molecular flexibility index (Phi) is 6.23. The average molecular weight is 419 g/mol. The van der Waals surface area contributed by atoms with Crippen molar-refractivity contribution in [2.24, 2.45) is 5.73 Å². The third-order valence-corrected chi connectivity index (χ3v) is 6.61. The molecule has 30 heavy (non-hydrogen) atoms. The quantitative estimate of drug-likeness (QED) is 0.543. The van der Waals surface area contributed by atoms with E-state index in [1.807, 2.05) is 18.2 Å². The molecule has 0 aliphatic carbocycles. The maximum Gasteiger partial charge on any atom is 0.320 e. The second-order valence-corrected chi connectivity index (χ2v) is 9.00. The zero-order chi connectivity index (χ0) is 21.1. The van der Waals surface area contributed by atoms with Crippen LogP contribution < -0.4 is 5.73 Å². The topological polar surface area (TPSA) is 66.6 Å². The van der Waals surface area contributed by atoms with Crippen LogP contribution in [0.4, 0.5) is 0 Å². The minimum Gasteiger partial charge on any atom is -0.480 e. The second kappa shape index (κ2) is 9.04. The van der Waals surface area contributed by atoms with E-state index in [-0.39, 0.29) is 0 Å². The highest BCUT2D eigenvalue weighted by atomic mass is 32.2. The van der Waals surface area contributed by atoms with Crippen LogP contribution in [-0.4, -0.2) is 34.5 Å². The van der Waals surface area contributed by atoms with Gasteiger partial charge in [0.05, 0.1) is 0 Å². The Balaban J connectivity index is 1.42. The van der Waals surface area contributed by atoms with Crippen molar-refractivity contribution in [1.82, 2.24) is 4.31 Å². The van der Waals surface area contributed by atoms with Gasteiger partial charge < -0.3 is 10.8 Å². The number of carbonyl (C=O) groups is 1. The van der Waals surface area contributed by atoms with Crippen LogP contribution in [0.3, 0.4) is 0 Å². The van der Waals surface area contributed by atoms with Crippen molar-refractivity contribution >= 4 is 17.9 Å². The van der Waals surface area contributed by atoms with Gasteiger partial charge in [-0.15, -0.1) is 0 Å². The minimum absolute atomic E-state index is 0.343. The van der Waals surface area contributed by atoms with Crippen LogP contribution >= 0.6 is 11.9 Å². The number of aryl methyl sites for hydroxylation is 1. The Morgan fingerprint density at radius 1 is 1.07 bits per heavy atom. The predicted molar refractivity (Wildman–Crippen MR) is 123 cm³/mol. The molecule has 1 heterocycles. The first-order chi connectivity index (χ1) is 14.5. The van der Waals surface area contributed by atoms with Crippen LogP contribution in [-0.2, 0) is 11.2 Å². The molecule has 1 fully saturated rings. The molecule has 0 aromatic heterocycles. The van der Waals surface area contributed by atoms with E-state index >= 15 is 0 Å². The number of rotatable bonds is 7. The Bertz CT molecular complexity index is 1050. The van der Waals surface area contributed by atoms with Crippen LogP contribution in [0.1, 0.15) is 22.6 Å². The van der Waals surface area contributed by atoms with Crippen LogP contribution in [0, 0.1) is 6.92 Å². The van der Waals surface area contributed by atoms with Crippen molar-refractivity contribution < 1.29 is 9.90 Å². The molecule has 0 amide bonds. The summed E-state index contributed by atoms with van der Waals surface area (Å²) in [5, 5.41) is 9.03. The Morgan fingerprint density at radius 3 is 2.50 bits per heavy atom. The highest BCUT2D eigenvalue weighted by Crippen LogP contribution is 2.40. The number of nitrogens with two attached hydrogens (primary N) is 1. The van der Waals surface area contributed by atoms with E-state index in [1.165, 1.54) is 22.3 Å². The third kappa shape index (κ3) is 4.59. The predicted octanol–water partition coefficient (Wildman–Crippen LogP) is 4.72. The number of nitrogens with zero attached hydrogens (tertiary/aromatic N) is 1. The summed E-state index contributed by atoms with van der Waals surface area (Å²) >= 11 is 1.73. The molecule has 0 bridgehead atoms. The third-order valence-electron chi connectivity index (χ3n) is 5.59. The molecule has 0 radical (unpaired) electrons. The van der Waals surface area contributed by atoms with Crippen molar-refractivity contribution in [3.63, 3.8) is 0 Å². The fraction of sp³-hybridized carbons (Fsp3) is 0.240. The van der Waals surface area contributed by atoms with Gasteiger partial charge in [-0.3, -0.25) is 4.79 Å². The van der Waals surface area contributed by atoms with E-state index in [2.05, 4.69) is 65.8 Å². The van der Waals surface area contributed by atoms with Crippen molar-refractivity contribution in [2.45, 2.75) is 30.2 Å². The number of hydrogen-bond donors (Lipinski definition) is 2. The van der Waals surface area contributed by atoms with E-state index in [4.69, 9.17) is 10.8 Å². The first-order valence-corrected chi connectivity index (χ1v) is 10.9. The Labute approximate surface area is 181 Å². The van der Waals surface area contributed by atoms with Gasteiger partial charge in [-0.25, -0.2) is 4.31 Å². The first kappa shape index (κ1) is 20.7. The smallest absolute Gasteiger partial charge is 0.320 e. The minimum atomic E-state index is -0.967. The van der Waals surface area contributed by atoms with Crippen LogP contribution in [0.5, 0.6) is 0 Å². The molecular formula is C25H26N2O2S. The highest BCUT2D eigenvalue weighted by molar-refractivity contribution is 7.97. The SMILES string of the molecule is Cc1ccccc1-c1ccccc1C1CN(Sc2cccc(CC(N)C(=O)O)c2)C1. The summed E-state index contributed by atoms with van der Waals surface area (Å²) in [5.74, 6) is -0.456. The second-order valence-electron chi connectivity index (χ2n) is 7.83. The lowest BCUT2D eigenvalue weighted by molar-refractivity contribution is -0.138.